The normalized spacial score (nSPS) is 23.5. The van der Waals surface area contributed by atoms with Crippen molar-refractivity contribution in [2.45, 2.75) is 38.8 Å². The number of rotatable bonds is 5. The van der Waals surface area contributed by atoms with Gasteiger partial charge in [-0.05, 0) is 44.0 Å². The van der Waals surface area contributed by atoms with Crippen LogP contribution in [0, 0.1) is 5.92 Å². The van der Waals surface area contributed by atoms with Gasteiger partial charge in [0.1, 0.15) is 0 Å². The number of nitrogens with zero attached hydrogens (tertiary/aromatic N) is 1. The standard InChI is InChI=1S/C18H24N2O/c1-3-19-18(15-10-13(2)21-12-15)11-14-8-9-20-17-7-5-4-6-16(14)17/h4-9,13,15,18-19H,3,10-12H2,1-2H3. The summed E-state index contributed by atoms with van der Waals surface area (Å²) in [5.41, 5.74) is 2.47. The van der Waals surface area contributed by atoms with Crippen molar-refractivity contribution in [3.8, 4) is 0 Å². The van der Waals surface area contributed by atoms with Gasteiger partial charge in [-0.3, -0.25) is 4.98 Å². The molecule has 1 aromatic heterocycles. The van der Waals surface area contributed by atoms with Crippen molar-refractivity contribution < 1.29 is 4.74 Å². The number of para-hydroxylation sites is 1. The third kappa shape index (κ3) is 3.25. The zero-order valence-corrected chi connectivity index (χ0v) is 12.9. The fourth-order valence-corrected chi connectivity index (χ4v) is 3.37. The number of hydrogen-bond acceptors (Lipinski definition) is 3. The molecule has 1 saturated heterocycles. The smallest absolute Gasteiger partial charge is 0.0704 e. The van der Waals surface area contributed by atoms with Gasteiger partial charge in [0.25, 0.3) is 0 Å². The van der Waals surface area contributed by atoms with Crippen molar-refractivity contribution >= 4 is 10.9 Å². The molecule has 0 aliphatic carbocycles. The van der Waals surface area contributed by atoms with Gasteiger partial charge in [0, 0.05) is 23.5 Å². The lowest BCUT2D eigenvalue weighted by atomic mass is 9.90. The van der Waals surface area contributed by atoms with Crippen LogP contribution in [0.2, 0.25) is 0 Å². The average molecular weight is 284 g/mol. The van der Waals surface area contributed by atoms with E-state index in [2.05, 4.69) is 48.4 Å². The quantitative estimate of drug-likeness (QED) is 0.915. The molecule has 3 atom stereocenters. The number of fused-ring (bicyclic) bond motifs is 1. The van der Waals surface area contributed by atoms with E-state index in [1.54, 1.807) is 0 Å². The first kappa shape index (κ1) is 14.5. The van der Waals surface area contributed by atoms with Crippen LogP contribution in [0.1, 0.15) is 25.8 Å². The first-order chi connectivity index (χ1) is 10.3. The van der Waals surface area contributed by atoms with Crippen LogP contribution in [0.25, 0.3) is 10.9 Å². The molecule has 0 bridgehead atoms. The maximum Gasteiger partial charge on any atom is 0.0704 e. The predicted molar refractivity (Wildman–Crippen MR) is 86.4 cm³/mol. The van der Waals surface area contributed by atoms with Gasteiger partial charge in [-0.2, -0.15) is 0 Å². The van der Waals surface area contributed by atoms with Crippen LogP contribution < -0.4 is 5.32 Å². The Labute approximate surface area is 126 Å². The molecule has 3 heteroatoms. The summed E-state index contributed by atoms with van der Waals surface area (Å²) < 4.78 is 5.77. The number of pyridine rings is 1. The lowest BCUT2D eigenvalue weighted by Crippen LogP contribution is -2.38. The van der Waals surface area contributed by atoms with Gasteiger partial charge in [-0.1, -0.05) is 25.1 Å². The van der Waals surface area contributed by atoms with Crippen LogP contribution in [0.4, 0.5) is 0 Å². The Morgan fingerprint density at radius 3 is 2.95 bits per heavy atom. The van der Waals surface area contributed by atoms with Crippen molar-refractivity contribution in [3.63, 3.8) is 0 Å². The second-order valence-corrected chi connectivity index (χ2v) is 6.00. The van der Waals surface area contributed by atoms with Crippen molar-refractivity contribution in [2.24, 2.45) is 5.92 Å². The molecule has 0 radical (unpaired) electrons. The van der Waals surface area contributed by atoms with E-state index in [-0.39, 0.29) is 0 Å². The van der Waals surface area contributed by atoms with Crippen molar-refractivity contribution in [3.05, 3.63) is 42.1 Å². The van der Waals surface area contributed by atoms with Crippen LogP contribution >= 0.6 is 0 Å². The minimum atomic E-state index is 0.394. The molecular formula is C18H24N2O. The molecule has 1 fully saturated rings. The minimum Gasteiger partial charge on any atom is -0.378 e. The summed E-state index contributed by atoms with van der Waals surface area (Å²) >= 11 is 0. The number of nitrogens with one attached hydrogen (secondary N) is 1. The Bertz CT molecular complexity index is 593. The van der Waals surface area contributed by atoms with Crippen LogP contribution in [0.5, 0.6) is 0 Å². The predicted octanol–water partition coefficient (Wildman–Crippen LogP) is 3.18. The highest BCUT2D eigenvalue weighted by Gasteiger charge is 2.29. The Morgan fingerprint density at radius 2 is 2.19 bits per heavy atom. The highest BCUT2D eigenvalue weighted by Crippen LogP contribution is 2.26. The van der Waals surface area contributed by atoms with E-state index in [0.717, 1.165) is 31.5 Å². The van der Waals surface area contributed by atoms with Crippen molar-refractivity contribution in [2.75, 3.05) is 13.2 Å². The molecule has 2 heterocycles. The summed E-state index contributed by atoms with van der Waals surface area (Å²) in [5.74, 6) is 0.604. The number of ether oxygens (including phenoxy) is 1. The van der Waals surface area contributed by atoms with E-state index in [1.165, 1.54) is 10.9 Å². The number of benzene rings is 1. The van der Waals surface area contributed by atoms with Crippen molar-refractivity contribution in [1.29, 1.82) is 0 Å². The van der Waals surface area contributed by atoms with Gasteiger partial charge >= 0.3 is 0 Å². The molecule has 1 aliphatic heterocycles. The van der Waals surface area contributed by atoms with Gasteiger partial charge in [0.15, 0.2) is 0 Å². The molecule has 0 spiro atoms. The van der Waals surface area contributed by atoms with Gasteiger partial charge in [-0.15, -0.1) is 0 Å². The molecule has 0 amide bonds. The monoisotopic (exact) mass is 284 g/mol. The SMILES string of the molecule is CCNC(Cc1ccnc2ccccc12)C1COC(C)C1. The average Bonchev–Trinajstić information content (AvgIpc) is 2.94. The fraction of sp³-hybridized carbons (Fsp3) is 0.500. The summed E-state index contributed by atoms with van der Waals surface area (Å²) in [5, 5.41) is 4.93. The Hall–Kier alpha value is -1.45. The molecule has 3 rings (SSSR count). The van der Waals surface area contributed by atoms with Crippen LogP contribution in [0.15, 0.2) is 36.5 Å². The first-order valence-corrected chi connectivity index (χ1v) is 7.95. The summed E-state index contributed by atoms with van der Waals surface area (Å²) in [6, 6.07) is 11.0. The second kappa shape index (κ2) is 6.54. The zero-order chi connectivity index (χ0) is 14.7. The molecular weight excluding hydrogens is 260 g/mol. The van der Waals surface area contributed by atoms with Crippen molar-refractivity contribution in [1.82, 2.24) is 10.3 Å². The Morgan fingerprint density at radius 1 is 1.33 bits per heavy atom. The van der Waals surface area contributed by atoms with E-state index < -0.39 is 0 Å². The number of aromatic nitrogens is 1. The highest BCUT2D eigenvalue weighted by molar-refractivity contribution is 5.81. The van der Waals surface area contributed by atoms with E-state index in [4.69, 9.17) is 4.74 Å². The Kier molecular flexibility index (Phi) is 4.51. The molecule has 21 heavy (non-hydrogen) atoms. The first-order valence-electron chi connectivity index (χ1n) is 7.95. The maximum atomic E-state index is 5.77. The van der Waals surface area contributed by atoms with Crippen LogP contribution in [-0.4, -0.2) is 30.3 Å². The van der Waals surface area contributed by atoms with Gasteiger partial charge in [0.05, 0.1) is 18.2 Å². The summed E-state index contributed by atoms with van der Waals surface area (Å²) in [7, 11) is 0. The van der Waals surface area contributed by atoms with E-state index in [1.807, 2.05) is 12.3 Å². The van der Waals surface area contributed by atoms with Gasteiger partial charge in [0.2, 0.25) is 0 Å². The summed E-state index contributed by atoms with van der Waals surface area (Å²) in [6.45, 7) is 6.22. The van der Waals surface area contributed by atoms with E-state index >= 15 is 0 Å². The largest absolute Gasteiger partial charge is 0.378 e. The zero-order valence-electron chi connectivity index (χ0n) is 12.9. The molecule has 112 valence electrons. The molecule has 3 unspecified atom stereocenters. The minimum absolute atomic E-state index is 0.394. The Balaban J connectivity index is 1.84. The third-order valence-corrected chi connectivity index (χ3v) is 4.44. The molecule has 2 aromatic rings. The van der Waals surface area contributed by atoms with Crippen LogP contribution in [-0.2, 0) is 11.2 Å². The lowest BCUT2D eigenvalue weighted by Gasteiger charge is -2.24. The lowest BCUT2D eigenvalue weighted by molar-refractivity contribution is 0.117. The fourth-order valence-electron chi connectivity index (χ4n) is 3.37. The van der Waals surface area contributed by atoms with Crippen LogP contribution in [0.3, 0.4) is 0 Å². The highest BCUT2D eigenvalue weighted by atomic mass is 16.5. The topological polar surface area (TPSA) is 34.2 Å². The molecule has 0 saturated carbocycles. The van der Waals surface area contributed by atoms with E-state index in [9.17, 15) is 0 Å². The molecule has 1 aliphatic rings. The number of likely N-dealkylation sites (N-methyl/N-ethyl adjacent to an activating group) is 1. The van der Waals surface area contributed by atoms with Gasteiger partial charge in [-0.25, -0.2) is 0 Å². The number of hydrogen-bond donors (Lipinski definition) is 1. The summed E-state index contributed by atoms with van der Waals surface area (Å²) in [4.78, 5) is 4.46. The molecule has 3 nitrogen and oxygen atoms in total. The van der Waals surface area contributed by atoms with E-state index in [0.29, 0.717) is 18.1 Å². The third-order valence-electron chi connectivity index (χ3n) is 4.44. The molecule has 1 aromatic carbocycles. The maximum absolute atomic E-state index is 5.77. The molecule has 1 N–H and O–H groups in total. The van der Waals surface area contributed by atoms with Gasteiger partial charge < -0.3 is 10.1 Å². The second-order valence-electron chi connectivity index (χ2n) is 6.00. The summed E-state index contributed by atoms with van der Waals surface area (Å²) in [6.07, 6.45) is 4.51.